The third-order valence-corrected chi connectivity index (χ3v) is 5.54. The van der Waals surface area contributed by atoms with Crippen molar-refractivity contribution in [2.24, 2.45) is 22.2 Å². The Kier molecular flexibility index (Phi) is 3.99. The van der Waals surface area contributed by atoms with Crippen LogP contribution in [0.5, 0.6) is 0 Å². The highest BCUT2D eigenvalue weighted by Crippen LogP contribution is 2.50. The highest BCUT2D eigenvalue weighted by Gasteiger charge is 2.45. The molecule has 1 heterocycles. The van der Waals surface area contributed by atoms with Crippen LogP contribution < -0.4 is 0 Å². The van der Waals surface area contributed by atoms with Crippen molar-refractivity contribution in [2.45, 2.75) is 40.0 Å². The molecule has 23 heavy (non-hydrogen) atoms. The van der Waals surface area contributed by atoms with Crippen molar-refractivity contribution in [3.8, 4) is 0 Å². The zero-order chi connectivity index (χ0) is 16.8. The first-order chi connectivity index (χ1) is 10.8. The largest absolute Gasteiger partial charge is 0.295 e. The van der Waals surface area contributed by atoms with Crippen molar-refractivity contribution < 1.29 is 9.18 Å². The number of fused-ring (bicyclic) bond motifs is 1. The van der Waals surface area contributed by atoms with Gasteiger partial charge >= 0.3 is 0 Å². The molecule has 0 bridgehead atoms. The van der Waals surface area contributed by atoms with Crippen LogP contribution >= 0.6 is 0 Å². The Balaban J connectivity index is 2.13. The standard InChI is InChI=1S/C20H24FNO/c1-12-18(14-5-7-15(21)8-6-14)16(13(2)23)11-17-19(12)20(3,4)9-10-22-17/h5-8,11-12,18-19H,9-10H2,1-4H3. The fourth-order valence-corrected chi connectivity index (χ4v) is 4.44. The Labute approximate surface area is 137 Å². The predicted octanol–water partition coefficient (Wildman–Crippen LogP) is 4.56. The first-order valence-electron chi connectivity index (χ1n) is 8.33. The molecule has 1 aliphatic heterocycles. The summed E-state index contributed by atoms with van der Waals surface area (Å²) in [4.78, 5) is 16.9. The van der Waals surface area contributed by atoms with Gasteiger partial charge in [0.25, 0.3) is 0 Å². The van der Waals surface area contributed by atoms with E-state index in [4.69, 9.17) is 4.99 Å². The van der Waals surface area contributed by atoms with Gasteiger partial charge in [0.2, 0.25) is 0 Å². The fraction of sp³-hybridized carbons (Fsp3) is 0.500. The number of benzene rings is 1. The minimum atomic E-state index is -0.245. The van der Waals surface area contributed by atoms with E-state index in [1.165, 1.54) is 12.1 Å². The zero-order valence-corrected chi connectivity index (χ0v) is 14.3. The van der Waals surface area contributed by atoms with Gasteiger partial charge < -0.3 is 0 Å². The summed E-state index contributed by atoms with van der Waals surface area (Å²) >= 11 is 0. The molecule has 0 radical (unpaired) electrons. The number of carbonyl (C=O) groups excluding carboxylic acids is 1. The maximum Gasteiger partial charge on any atom is 0.156 e. The van der Waals surface area contributed by atoms with E-state index in [1.807, 2.05) is 18.2 Å². The second-order valence-electron chi connectivity index (χ2n) is 7.57. The summed E-state index contributed by atoms with van der Waals surface area (Å²) in [6.45, 7) is 9.23. The lowest BCUT2D eigenvalue weighted by Crippen LogP contribution is -2.44. The van der Waals surface area contributed by atoms with Crippen molar-refractivity contribution in [3.63, 3.8) is 0 Å². The van der Waals surface area contributed by atoms with E-state index in [1.54, 1.807) is 6.92 Å². The van der Waals surface area contributed by atoms with Crippen molar-refractivity contribution in [2.75, 3.05) is 6.54 Å². The van der Waals surface area contributed by atoms with E-state index >= 15 is 0 Å². The number of allylic oxidation sites excluding steroid dienone is 2. The number of rotatable bonds is 2. The van der Waals surface area contributed by atoms with Crippen LogP contribution in [0, 0.1) is 23.1 Å². The summed E-state index contributed by atoms with van der Waals surface area (Å²) in [6.07, 6.45) is 3.06. The first kappa shape index (κ1) is 16.1. The van der Waals surface area contributed by atoms with Crippen LogP contribution in [0.15, 0.2) is 40.9 Å². The molecule has 3 unspecified atom stereocenters. The van der Waals surface area contributed by atoms with Gasteiger partial charge in [0, 0.05) is 29.7 Å². The summed E-state index contributed by atoms with van der Waals surface area (Å²) in [5, 5.41) is 0. The van der Waals surface area contributed by atoms with Crippen molar-refractivity contribution in [3.05, 3.63) is 47.3 Å². The second-order valence-corrected chi connectivity index (χ2v) is 7.57. The number of carbonyl (C=O) groups is 1. The molecule has 0 aromatic heterocycles. The molecule has 2 nitrogen and oxygen atoms in total. The quantitative estimate of drug-likeness (QED) is 0.787. The van der Waals surface area contributed by atoms with Crippen LogP contribution in [0.2, 0.25) is 0 Å². The average molecular weight is 313 g/mol. The Morgan fingerprint density at radius 2 is 1.91 bits per heavy atom. The molecule has 0 fully saturated rings. The Hall–Kier alpha value is -1.77. The highest BCUT2D eigenvalue weighted by molar-refractivity contribution is 6.08. The van der Waals surface area contributed by atoms with Gasteiger partial charge in [-0.2, -0.15) is 0 Å². The van der Waals surface area contributed by atoms with Gasteiger partial charge in [0.05, 0.1) is 0 Å². The van der Waals surface area contributed by atoms with Gasteiger partial charge in [0.1, 0.15) is 5.82 Å². The van der Waals surface area contributed by atoms with Crippen molar-refractivity contribution in [1.29, 1.82) is 0 Å². The summed E-state index contributed by atoms with van der Waals surface area (Å²) in [6, 6.07) is 6.58. The molecule has 122 valence electrons. The monoisotopic (exact) mass is 313 g/mol. The number of hydrogen-bond acceptors (Lipinski definition) is 2. The van der Waals surface area contributed by atoms with E-state index in [9.17, 15) is 9.18 Å². The molecule has 0 saturated heterocycles. The molecule has 1 aliphatic carbocycles. The maximum absolute atomic E-state index is 13.3. The highest BCUT2D eigenvalue weighted by atomic mass is 19.1. The van der Waals surface area contributed by atoms with Crippen LogP contribution in [0.4, 0.5) is 4.39 Å². The third-order valence-electron chi connectivity index (χ3n) is 5.54. The third kappa shape index (κ3) is 2.77. The van der Waals surface area contributed by atoms with Gasteiger partial charge in [-0.05, 0) is 48.4 Å². The molecule has 3 atom stereocenters. The van der Waals surface area contributed by atoms with E-state index in [0.29, 0.717) is 5.92 Å². The van der Waals surface area contributed by atoms with Gasteiger partial charge in [0.15, 0.2) is 5.78 Å². The van der Waals surface area contributed by atoms with E-state index in [-0.39, 0.29) is 28.9 Å². The molecule has 0 saturated carbocycles. The SMILES string of the molecule is CC(=O)C1=CC2=NCCC(C)(C)C2C(C)C1c1ccc(F)cc1. The molecular weight excluding hydrogens is 289 g/mol. The maximum atomic E-state index is 13.3. The molecular formula is C20H24FNO. The van der Waals surface area contributed by atoms with Gasteiger partial charge in [-0.3, -0.25) is 9.79 Å². The van der Waals surface area contributed by atoms with Crippen LogP contribution in [0.1, 0.15) is 45.6 Å². The molecule has 3 heteroatoms. The van der Waals surface area contributed by atoms with E-state index < -0.39 is 0 Å². The Bertz CT molecular complexity index is 684. The number of Topliss-reactive ketones (excluding diaryl/α,β-unsaturated/α-hetero) is 1. The molecule has 1 aromatic carbocycles. The minimum absolute atomic E-state index is 0.00873. The summed E-state index contributed by atoms with van der Waals surface area (Å²) < 4.78 is 13.3. The molecule has 0 spiro atoms. The fourth-order valence-electron chi connectivity index (χ4n) is 4.44. The van der Waals surface area contributed by atoms with Crippen LogP contribution in [0.25, 0.3) is 0 Å². The number of halogens is 1. The average Bonchev–Trinajstić information content (AvgIpc) is 2.47. The van der Waals surface area contributed by atoms with Crippen LogP contribution in [-0.2, 0) is 4.79 Å². The molecule has 0 N–H and O–H groups in total. The van der Waals surface area contributed by atoms with Gasteiger partial charge in [-0.25, -0.2) is 4.39 Å². The smallest absolute Gasteiger partial charge is 0.156 e. The lowest BCUT2D eigenvalue weighted by molar-refractivity contribution is -0.114. The van der Waals surface area contributed by atoms with E-state index in [2.05, 4.69) is 20.8 Å². The van der Waals surface area contributed by atoms with Gasteiger partial charge in [-0.1, -0.05) is 32.9 Å². The summed E-state index contributed by atoms with van der Waals surface area (Å²) in [7, 11) is 0. The first-order valence-corrected chi connectivity index (χ1v) is 8.33. The van der Waals surface area contributed by atoms with Crippen molar-refractivity contribution in [1.82, 2.24) is 0 Å². The summed E-state index contributed by atoms with van der Waals surface area (Å²) in [5.74, 6) is 0.434. The molecule has 3 rings (SSSR count). The van der Waals surface area contributed by atoms with E-state index in [0.717, 1.165) is 29.8 Å². The number of ketones is 1. The van der Waals surface area contributed by atoms with Crippen LogP contribution in [-0.4, -0.2) is 18.0 Å². The zero-order valence-electron chi connectivity index (χ0n) is 14.3. The number of nitrogens with zero attached hydrogens (tertiary/aromatic N) is 1. The molecule has 2 aliphatic rings. The summed E-state index contributed by atoms with van der Waals surface area (Å²) in [5.41, 5.74) is 3.04. The Morgan fingerprint density at radius 3 is 2.52 bits per heavy atom. The van der Waals surface area contributed by atoms with Gasteiger partial charge in [-0.15, -0.1) is 0 Å². The minimum Gasteiger partial charge on any atom is -0.295 e. The topological polar surface area (TPSA) is 29.4 Å². The normalized spacial score (nSPS) is 29.3. The van der Waals surface area contributed by atoms with Crippen molar-refractivity contribution >= 4 is 11.5 Å². The number of aliphatic imine (C=N–C) groups is 1. The number of hydrogen-bond donors (Lipinski definition) is 0. The molecule has 0 amide bonds. The molecule has 1 aromatic rings. The lowest BCUT2D eigenvalue weighted by atomic mass is 9.58. The second kappa shape index (κ2) is 5.70. The Morgan fingerprint density at radius 1 is 1.26 bits per heavy atom. The lowest BCUT2D eigenvalue weighted by Gasteiger charge is -2.47. The predicted molar refractivity (Wildman–Crippen MR) is 91.3 cm³/mol. The van der Waals surface area contributed by atoms with Crippen LogP contribution in [0.3, 0.4) is 0 Å².